The number of nitrogens with one attached hydrogen (secondary N) is 2. The van der Waals surface area contributed by atoms with Gasteiger partial charge in [0.15, 0.2) is 5.96 Å². The van der Waals surface area contributed by atoms with Crippen LogP contribution in [-0.4, -0.2) is 25.6 Å². The molecule has 0 saturated heterocycles. The molecule has 0 radical (unpaired) electrons. The molecule has 4 heteroatoms. The molecule has 1 aliphatic carbocycles. The molecule has 0 heterocycles. The summed E-state index contributed by atoms with van der Waals surface area (Å²) in [6.07, 6.45) is 2.47. The van der Waals surface area contributed by atoms with Crippen LogP contribution in [-0.2, 0) is 5.41 Å². The van der Waals surface area contributed by atoms with Gasteiger partial charge in [0.25, 0.3) is 0 Å². The third kappa shape index (κ3) is 3.50. The molecule has 1 aliphatic rings. The van der Waals surface area contributed by atoms with E-state index < -0.39 is 0 Å². The summed E-state index contributed by atoms with van der Waals surface area (Å²) in [5.74, 6) is 0.883. The minimum Gasteiger partial charge on any atom is -0.356 e. The molecular formula is C15H22BrN3. The van der Waals surface area contributed by atoms with E-state index in [0.717, 1.165) is 12.5 Å². The Hall–Kier alpha value is -1.03. The van der Waals surface area contributed by atoms with E-state index in [9.17, 15) is 0 Å². The highest BCUT2D eigenvalue weighted by Gasteiger charge is 2.45. The normalized spacial score (nSPS) is 17.4. The number of hydrogen-bond acceptors (Lipinski definition) is 1. The summed E-state index contributed by atoms with van der Waals surface area (Å²) < 4.78 is 1.21. The lowest BCUT2D eigenvalue weighted by atomic mass is 9.96. The Kier molecular flexibility index (Phi) is 4.50. The predicted molar refractivity (Wildman–Crippen MR) is 84.7 cm³/mol. The van der Waals surface area contributed by atoms with E-state index >= 15 is 0 Å². The van der Waals surface area contributed by atoms with Crippen LogP contribution in [0, 0.1) is 0 Å². The van der Waals surface area contributed by atoms with E-state index in [2.05, 4.69) is 69.7 Å². The molecule has 0 aromatic heterocycles. The molecule has 0 spiro atoms. The van der Waals surface area contributed by atoms with Gasteiger partial charge in [-0.25, -0.2) is 0 Å². The van der Waals surface area contributed by atoms with Gasteiger partial charge in [-0.1, -0.05) is 34.1 Å². The van der Waals surface area contributed by atoms with Crippen LogP contribution in [0.3, 0.4) is 0 Å². The molecule has 0 unspecified atom stereocenters. The number of guanidine groups is 1. The Morgan fingerprint density at radius 2 is 2.05 bits per heavy atom. The number of benzene rings is 1. The van der Waals surface area contributed by atoms with E-state index in [4.69, 9.17) is 0 Å². The monoisotopic (exact) mass is 323 g/mol. The largest absolute Gasteiger partial charge is 0.356 e. The smallest absolute Gasteiger partial charge is 0.191 e. The van der Waals surface area contributed by atoms with Crippen LogP contribution < -0.4 is 10.6 Å². The fourth-order valence-corrected chi connectivity index (χ4v) is 3.01. The average molecular weight is 324 g/mol. The molecule has 1 saturated carbocycles. The zero-order chi connectivity index (χ0) is 13.9. The first kappa shape index (κ1) is 14.4. The second-order valence-corrected chi connectivity index (χ2v) is 6.34. The van der Waals surface area contributed by atoms with Crippen LogP contribution in [0.25, 0.3) is 0 Å². The third-order valence-corrected chi connectivity index (χ3v) is 4.23. The fraction of sp³-hybridized carbons (Fsp3) is 0.533. The van der Waals surface area contributed by atoms with Crippen molar-refractivity contribution in [1.29, 1.82) is 0 Å². The maximum atomic E-state index is 4.26. The third-order valence-electron chi connectivity index (χ3n) is 3.54. The van der Waals surface area contributed by atoms with Crippen molar-refractivity contribution >= 4 is 21.9 Å². The molecule has 1 fully saturated rings. The molecule has 2 rings (SSSR count). The van der Waals surface area contributed by atoms with E-state index in [1.807, 2.05) is 7.05 Å². The summed E-state index contributed by atoms with van der Waals surface area (Å²) in [4.78, 5) is 4.26. The van der Waals surface area contributed by atoms with Gasteiger partial charge in [-0.2, -0.15) is 0 Å². The van der Waals surface area contributed by atoms with Gasteiger partial charge in [-0.15, -0.1) is 0 Å². The Bertz CT molecular complexity index is 464. The van der Waals surface area contributed by atoms with Gasteiger partial charge in [0.05, 0.1) is 0 Å². The molecule has 104 valence electrons. The second-order valence-electron chi connectivity index (χ2n) is 5.48. The number of rotatable bonds is 4. The minimum atomic E-state index is 0.273. The number of nitrogens with zero attached hydrogens (tertiary/aromatic N) is 1. The standard InChI is InChI=1S/C15H22BrN3/c1-11(2)19-14(17-3)18-10-15(8-9-15)12-6-4-5-7-13(12)16/h4-7,11H,8-10H2,1-3H3,(H2,17,18,19). The highest BCUT2D eigenvalue weighted by Crippen LogP contribution is 2.49. The molecule has 2 N–H and O–H groups in total. The molecule has 0 atom stereocenters. The van der Waals surface area contributed by atoms with E-state index in [1.165, 1.54) is 22.9 Å². The molecular weight excluding hydrogens is 302 g/mol. The molecule has 3 nitrogen and oxygen atoms in total. The van der Waals surface area contributed by atoms with E-state index in [-0.39, 0.29) is 5.41 Å². The molecule has 0 amide bonds. The predicted octanol–water partition coefficient (Wildman–Crippen LogP) is 3.05. The minimum absolute atomic E-state index is 0.273. The van der Waals surface area contributed by atoms with Crippen LogP contribution in [0.4, 0.5) is 0 Å². The highest BCUT2D eigenvalue weighted by molar-refractivity contribution is 9.10. The van der Waals surface area contributed by atoms with Gasteiger partial charge < -0.3 is 10.6 Å². The van der Waals surface area contributed by atoms with Gasteiger partial charge in [0.2, 0.25) is 0 Å². The second kappa shape index (κ2) is 5.95. The Morgan fingerprint density at radius 3 is 2.58 bits per heavy atom. The van der Waals surface area contributed by atoms with Crippen molar-refractivity contribution in [3.05, 3.63) is 34.3 Å². The van der Waals surface area contributed by atoms with Crippen LogP contribution in [0.15, 0.2) is 33.7 Å². The van der Waals surface area contributed by atoms with Crippen molar-refractivity contribution < 1.29 is 0 Å². The van der Waals surface area contributed by atoms with Gasteiger partial charge in [-0.05, 0) is 38.3 Å². The SMILES string of the molecule is CN=C(NCC1(c2ccccc2Br)CC1)NC(C)C. The van der Waals surface area contributed by atoms with Crippen molar-refractivity contribution in [3.8, 4) is 0 Å². The maximum absolute atomic E-state index is 4.26. The first-order valence-electron chi connectivity index (χ1n) is 6.79. The van der Waals surface area contributed by atoms with Crippen molar-refractivity contribution in [3.63, 3.8) is 0 Å². The Morgan fingerprint density at radius 1 is 1.37 bits per heavy atom. The van der Waals surface area contributed by atoms with Crippen LogP contribution >= 0.6 is 15.9 Å². The van der Waals surface area contributed by atoms with Gasteiger partial charge >= 0.3 is 0 Å². The highest BCUT2D eigenvalue weighted by atomic mass is 79.9. The maximum Gasteiger partial charge on any atom is 0.191 e. The fourth-order valence-electron chi connectivity index (χ4n) is 2.30. The average Bonchev–Trinajstić information content (AvgIpc) is 3.15. The molecule has 0 bridgehead atoms. The first-order valence-corrected chi connectivity index (χ1v) is 7.59. The van der Waals surface area contributed by atoms with Gasteiger partial charge in [0, 0.05) is 29.5 Å². The summed E-state index contributed by atoms with van der Waals surface area (Å²) >= 11 is 3.66. The number of hydrogen-bond donors (Lipinski definition) is 2. The van der Waals surface area contributed by atoms with Gasteiger partial charge in [0.1, 0.15) is 0 Å². The summed E-state index contributed by atoms with van der Waals surface area (Å²) in [7, 11) is 1.82. The number of aliphatic imine (C=N–C) groups is 1. The molecule has 19 heavy (non-hydrogen) atoms. The van der Waals surface area contributed by atoms with E-state index in [0.29, 0.717) is 6.04 Å². The Balaban J connectivity index is 2.01. The van der Waals surface area contributed by atoms with Gasteiger partial charge in [-0.3, -0.25) is 4.99 Å². The molecule has 1 aromatic rings. The zero-order valence-corrected chi connectivity index (χ0v) is 13.4. The van der Waals surface area contributed by atoms with Crippen LogP contribution in [0.5, 0.6) is 0 Å². The molecule has 1 aromatic carbocycles. The topological polar surface area (TPSA) is 36.4 Å². The Labute approximate surface area is 124 Å². The van der Waals surface area contributed by atoms with E-state index in [1.54, 1.807) is 0 Å². The summed E-state index contributed by atoms with van der Waals surface area (Å²) in [5.41, 5.74) is 1.68. The van der Waals surface area contributed by atoms with Crippen molar-refractivity contribution in [2.45, 2.75) is 38.1 Å². The van der Waals surface area contributed by atoms with Crippen molar-refractivity contribution in [1.82, 2.24) is 10.6 Å². The van der Waals surface area contributed by atoms with Crippen LogP contribution in [0.1, 0.15) is 32.3 Å². The molecule has 0 aliphatic heterocycles. The summed E-state index contributed by atoms with van der Waals surface area (Å²) in [5, 5.41) is 6.77. The quantitative estimate of drug-likeness (QED) is 0.660. The number of halogens is 1. The summed E-state index contributed by atoms with van der Waals surface area (Å²) in [6, 6.07) is 8.91. The lowest BCUT2D eigenvalue weighted by Crippen LogP contribution is -2.44. The first-order chi connectivity index (χ1) is 9.07. The zero-order valence-electron chi connectivity index (χ0n) is 11.8. The van der Waals surface area contributed by atoms with Crippen molar-refractivity contribution in [2.24, 2.45) is 4.99 Å². The van der Waals surface area contributed by atoms with Crippen LogP contribution in [0.2, 0.25) is 0 Å². The van der Waals surface area contributed by atoms with Crippen molar-refractivity contribution in [2.75, 3.05) is 13.6 Å². The summed E-state index contributed by atoms with van der Waals surface area (Å²) in [6.45, 7) is 5.17. The lowest BCUT2D eigenvalue weighted by molar-refractivity contribution is 0.628. The lowest BCUT2D eigenvalue weighted by Gasteiger charge is -2.21.